The minimum Gasteiger partial charge on any atom is -0.340 e. The van der Waals surface area contributed by atoms with Crippen molar-refractivity contribution in [2.24, 2.45) is 5.92 Å². The standard InChI is InChI=1S/C21H20N6O2/c28-19(15-4-8-22-9-5-15)25-17-2-3-18-16-10-14(12-27(18)20(17)29)11-26(13-16)21-23-6-1-7-24-21/h1-9,14,16H,10-13H2,(H,25,28)/t14-,16+/m0/s1. The Bertz CT molecular complexity index is 1100. The molecule has 29 heavy (non-hydrogen) atoms. The molecule has 2 bridgehead atoms. The lowest BCUT2D eigenvalue weighted by molar-refractivity contribution is 0.102. The van der Waals surface area contributed by atoms with E-state index in [0.29, 0.717) is 23.7 Å². The Morgan fingerprint density at radius 1 is 1.00 bits per heavy atom. The summed E-state index contributed by atoms with van der Waals surface area (Å²) in [7, 11) is 0. The van der Waals surface area contributed by atoms with Crippen molar-refractivity contribution < 1.29 is 4.79 Å². The first-order valence-electron chi connectivity index (χ1n) is 9.66. The van der Waals surface area contributed by atoms with Crippen molar-refractivity contribution in [1.29, 1.82) is 0 Å². The van der Waals surface area contributed by atoms with Crippen molar-refractivity contribution in [3.05, 3.63) is 76.7 Å². The highest BCUT2D eigenvalue weighted by Crippen LogP contribution is 2.36. The Hall–Kier alpha value is -3.55. The summed E-state index contributed by atoms with van der Waals surface area (Å²) in [6.07, 6.45) is 7.66. The number of nitrogens with one attached hydrogen (secondary N) is 1. The van der Waals surface area contributed by atoms with E-state index < -0.39 is 0 Å². The number of hydrogen-bond acceptors (Lipinski definition) is 6. The van der Waals surface area contributed by atoms with E-state index in [2.05, 4.69) is 25.2 Å². The van der Waals surface area contributed by atoms with Gasteiger partial charge in [0.25, 0.3) is 11.5 Å². The van der Waals surface area contributed by atoms with E-state index in [-0.39, 0.29) is 17.4 Å². The summed E-state index contributed by atoms with van der Waals surface area (Å²) in [5, 5.41) is 2.75. The molecule has 2 atom stereocenters. The number of aromatic nitrogens is 4. The summed E-state index contributed by atoms with van der Waals surface area (Å²) < 4.78 is 1.82. The highest BCUT2D eigenvalue weighted by atomic mass is 16.2. The van der Waals surface area contributed by atoms with Crippen LogP contribution >= 0.6 is 0 Å². The first-order valence-corrected chi connectivity index (χ1v) is 9.66. The predicted octanol–water partition coefficient (Wildman–Crippen LogP) is 1.91. The first kappa shape index (κ1) is 17.5. The second kappa shape index (κ2) is 7.12. The molecular formula is C21H20N6O2. The number of hydrogen-bond donors (Lipinski definition) is 1. The Labute approximate surface area is 167 Å². The number of rotatable bonds is 3. The van der Waals surface area contributed by atoms with Gasteiger partial charge in [0.05, 0.1) is 0 Å². The summed E-state index contributed by atoms with van der Waals surface area (Å²) in [6.45, 7) is 2.23. The summed E-state index contributed by atoms with van der Waals surface area (Å²) in [6, 6.07) is 8.72. The van der Waals surface area contributed by atoms with Gasteiger partial charge in [0, 0.05) is 61.6 Å². The number of amides is 1. The van der Waals surface area contributed by atoms with Crippen LogP contribution in [0.1, 0.15) is 28.4 Å². The van der Waals surface area contributed by atoms with E-state index in [4.69, 9.17) is 0 Å². The van der Waals surface area contributed by atoms with E-state index in [1.807, 2.05) is 16.7 Å². The second-order valence-electron chi connectivity index (χ2n) is 7.53. The van der Waals surface area contributed by atoms with Crippen molar-refractivity contribution >= 4 is 17.5 Å². The Morgan fingerprint density at radius 3 is 2.59 bits per heavy atom. The van der Waals surface area contributed by atoms with Crippen LogP contribution in [-0.2, 0) is 6.54 Å². The maximum absolute atomic E-state index is 13.1. The Morgan fingerprint density at radius 2 is 1.79 bits per heavy atom. The first-order chi connectivity index (χ1) is 14.2. The van der Waals surface area contributed by atoms with Gasteiger partial charge in [-0.05, 0) is 42.7 Å². The van der Waals surface area contributed by atoms with Crippen molar-refractivity contribution in [2.45, 2.75) is 18.9 Å². The monoisotopic (exact) mass is 388 g/mol. The van der Waals surface area contributed by atoms with Gasteiger partial charge in [-0.1, -0.05) is 0 Å². The van der Waals surface area contributed by atoms with Crippen molar-refractivity contribution in [3.8, 4) is 0 Å². The molecule has 5 heterocycles. The topological polar surface area (TPSA) is 93.0 Å². The van der Waals surface area contributed by atoms with Crippen LogP contribution in [0.3, 0.4) is 0 Å². The number of pyridine rings is 2. The Kier molecular flexibility index (Phi) is 4.31. The smallest absolute Gasteiger partial charge is 0.274 e. The lowest BCUT2D eigenvalue weighted by Gasteiger charge is -2.42. The second-order valence-corrected chi connectivity index (χ2v) is 7.53. The van der Waals surface area contributed by atoms with Gasteiger partial charge in [0.2, 0.25) is 5.95 Å². The van der Waals surface area contributed by atoms with Gasteiger partial charge < -0.3 is 14.8 Å². The average molecular weight is 388 g/mol. The quantitative estimate of drug-likeness (QED) is 0.737. The van der Waals surface area contributed by atoms with Crippen LogP contribution in [0.4, 0.5) is 11.6 Å². The van der Waals surface area contributed by atoms with Gasteiger partial charge in [-0.15, -0.1) is 0 Å². The van der Waals surface area contributed by atoms with Gasteiger partial charge in [-0.3, -0.25) is 14.6 Å². The molecular weight excluding hydrogens is 368 g/mol. The number of piperidine rings is 1. The molecule has 0 aliphatic carbocycles. The van der Waals surface area contributed by atoms with Crippen molar-refractivity contribution in [2.75, 3.05) is 23.3 Å². The van der Waals surface area contributed by atoms with Gasteiger partial charge in [-0.25, -0.2) is 9.97 Å². The maximum atomic E-state index is 13.1. The minimum absolute atomic E-state index is 0.149. The highest BCUT2D eigenvalue weighted by molar-refractivity contribution is 6.04. The molecule has 146 valence electrons. The molecule has 0 unspecified atom stereocenters. The zero-order valence-corrected chi connectivity index (χ0v) is 15.7. The zero-order valence-electron chi connectivity index (χ0n) is 15.7. The summed E-state index contributed by atoms with van der Waals surface area (Å²) >= 11 is 0. The summed E-state index contributed by atoms with van der Waals surface area (Å²) in [5.41, 5.74) is 1.63. The Balaban J connectivity index is 1.41. The molecule has 8 nitrogen and oxygen atoms in total. The summed E-state index contributed by atoms with van der Waals surface area (Å²) in [4.78, 5) is 40.3. The number of carbonyl (C=O) groups is 1. The molecule has 8 heteroatoms. The van der Waals surface area contributed by atoms with Crippen LogP contribution in [0.25, 0.3) is 0 Å². The third kappa shape index (κ3) is 3.26. The van der Waals surface area contributed by atoms with E-state index in [1.165, 1.54) is 0 Å². The van der Waals surface area contributed by atoms with E-state index in [0.717, 1.165) is 31.2 Å². The molecule has 3 aromatic rings. The third-order valence-electron chi connectivity index (χ3n) is 5.63. The molecule has 1 saturated heterocycles. The fourth-order valence-electron chi connectivity index (χ4n) is 4.36. The lowest BCUT2D eigenvalue weighted by Crippen LogP contribution is -2.48. The predicted molar refractivity (Wildman–Crippen MR) is 108 cm³/mol. The number of anilines is 2. The van der Waals surface area contributed by atoms with Crippen LogP contribution in [-0.4, -0.2) is 38.5 Å². The van der Waals surface area contributed by atoms with Crippen LogP contribution in [0.15, 0.2) is 59.9 Å². The SMILES string of the molecule is O=C(Nc1ccc2n(c1=O)C[C@H]1C[C@@H]2CN(c2ncccn2)C1)c1ccncc1. The molecule has 1 amide bonds. The molecule has 2 aliphatic heterocycles. The fraction of sp³-hybridized carbons (Fsp3) is 0.286. The van der Waals surface area contributed by atoms with Crippen LogP contribution in [0, 0.1) is 5.92 Å². The molecule has 1 fully saturated rings. The molecule has 0 saturated carbocycles. The van der Waals surface area contributed by atoms with Crippen LogP contribution in [0.5, 0.6) is 0 Å². The zero-order chi connectivity index (χ0) is 19.8. The molecule has 2 aliphatic rings. The van der Waals surface area contributed by atoms with Crippen molar-refractivity contribution in [3.63, 3.8) is 0 Å². The largest absolute Gasteiger partial charge is 0.340 e. The highest BCUT2D eigenvalue weighted by Gasteiger charge is 2.35. The summed E-state index contributed by atoms with van der Waals surface area (Å²) in [5.74, 6) is 1.01. The van der Waals surface area contributed by atoms with Crippen LogP contribution in [0.2, 0.25) is 0 Å². The van der Waals surface area contributed by atoms with Gasteiger partial charge in [0.1, 0.15) is 5.69 Å². The number of fused-ring (bicyclic) bond motifs is 4. The van der Waals surface area contributed by atoms with E-state index in [9.17, 15) is 9.59 Å². The molecule has 3 aromatic heterocycles. The normalized spacial score (nSPS) is 20.1. The van der Waals surface area contributed by atoms with Gasteiger partial charge in [0.15, 0.2) is 0 Å². The van der Waals surface area contributed by atoms with Crippen molar-refractivity contribution in [1.82, 2.24) is 19.5 Å². The number of nitrogens with zero attached hydrogens (tertiary/aromatic N) is 5. The number of carbonyl (C=O) groups excluding carboxylic acids is 1. The molecule has 1 N–H and O–H groups in total. The maximum Gasteiger partial charge on any atom is 0.274 e. The lowest BCUT2D eigenvalue weighted by atomic mass is 9.83. The van der Waals surface area contributed by atoms with E-state index in [1.54, 1.807) is 43.0 Å². The van der Waals surface area contributed by atoms with Crippen LogP contribution < -0.4 is 15.8 Å². The average Bonchev–Trinajstić information content (AvgIpc) is 2.77. The molecule has 0 spiro atoms. The molecule has 0 radical (unpaired) electrons. The fourth-order valence-corrected chi connectivity index (χ4v) is 4.36. The molecule has 0 aromatic carbocycles. The molecule has 5 rings (SSSR count). The van der Waals surface area contributed by atoms with Gasteiger partial charge in [-0.2, -0.15) is 0 Å². The van der Waals surface area contributed by atoms with E-state index >= 15 is 0 Å². The third-order valence-corrected chi connectivity index (χ3v) is 5.63. The van der Waals surface area contributed by atoms with Gasteiger partial charge >= 0.3 is 0 Å². The minimum atomic E-state index is -0.312.